The minimum absolute atomic E-state index is 0.133. The smallest absolute Gasteiger partial charge is 0.307 e. The number of aryl methyl sites for hydroxylation is 1. The van der Waals surface area contributed by atoms with Gasteiger partial charge in [0.1, 0.15) is 11.6 Å². The number of halogens is 1. The van der Waals surface area contributed by atoms with Crippen LogP contribution in [-0.2, 0) is 36.0 Å². The van der Waals surface area contributed by atoms with Crippen molar-refractivity contribution >= 4 is 18.0 Å². The minimum atomic E-state index is -0.937. The van der Waals surface area contributed by atoms with E-state index >= 15 is 0 Å². The Kier molecular flexibility index (Phi) is 6.77. The molecule has 0 saturated heterocycles. The Hall–Kier alpha value is -3.94. The van der Waals surface area contributed by atoms with E-state index in [1.54, 1.807) is 53.2 Å². The Morgan fingerprint density at radius 2 is 2.00 bits per heavy atom. The average molecular weight is 464 g/mol. The molecular formula is C26H26FN3O4. The molecule has 0 radical (unpaired) electrons. The number of ether oxygens (including phenoxy) is 1. The van der Waals surface area contributed by atoms with E-state index in [-0.39, 0.29) is 24.7 Å². The van der Waals surface area contributed by atoms with Crippen molar-refractivity contribution in [2.75, 3.05) is 13.2 Å². The second-order valence-electron chi connectivity index (χ2n) is 8.14. The summed E-state index contributed by atoms with van der Waals surface area (Å²) in [6, 6.07) is 10.1. The van der Waals surface area contributed by atoms with Gasteiger partial charge in [0.15, 0.2) is 0 Å². The molecule has 0 atom stereocenters. The molecule has 7 nitrogen and oxygen atoms in total. The monoisotopic (exact) mass is 463 g/mol. The maximum atomic E-state index is 14.7. The van der Waals surface area contributed by atoms with Gasteiger partial charge in [0.25, 0.3) is 0 Å². The van der Waals surface area contributed by atoms with E-state index in [0.29, 0.717) is 53.3 Å². The van der Waals surface area contributed by atoms with Crippen molar-refractivity contribution in [1.82, 2.24) is 14.7 Å². The number of hydrogen-bond donors (Lipinski definition) is 1. The molecule has 2 aromatic carbocycles. The molecule has 0 saturated carbocycles. The summed E-state index contributed by atoms with van der Waals surface area (Å²) in [5.74, 6) is -0.845. The van der Waals surface area contributed by atoms with Crippen LogP contribution in [0.1, 0.15) is 29.3 Å². The quantitative estimate of drug-likeness (QED) is 0.538. The molecule has 1 N–H and O–H groups in total. The third-order valence-electron chi connectivity index (χ3n) is 5.79. The largest absolute Gasteiger partial charge is 0.493 e. The van der Waals surface area contributed by atoms with Crippen LogP contribution >= 0.6 is 0 Å². The third kappa shape index (κ3) is 5.01. The molecule has 176 valence electrons. The van der Waals surface area contributed by atoms with Gasteiger partial charge >= 0.3 is 5.97 Å². The van der Waals surface area contributed by atoms with Crippen LogP contribution in [0, 0.1) is 5.82 Å². The number of benzene rings is 2. The Morgan fingerprint density at radius 3 is 2.71 bits per heavy atom. The first-order valence-electron chi connectivity index (χ1n) is 11.1. The van der Waals surface area contributed by atoms with Gasteiger partial charge in [-0.05, 0) is 65.9 Å². The second-order valence-corrected chi connectivity index (χ2v) is 8.14. The number of nitrogens with zero attached hydrogens (tertiary/aromatic N) is 3. The lowest BCUT2D eigenvalue weighted by Gasteiger charge is -2.30. The van der Waals surface area contributed by atoms with Crippen molar-refractivity contribution in [3.63, 3.8) is 0 Å². The molecule has 34 heavy (non-hydrogen) atoms. The molecule has 1 aliphatic heterocycles. The second kappa shape index (κ2) is 9.91. The van der Waals surface area contributed by atoms with E-state index in [1.165, 1.54) is 12.1 Å². The Morgan fingerprint density at radius 1 is 1.18 bits per heavy atom. The molecule has 0 spiro atoms. The molecule has 0 aliphatic carbocycles. The number of aromatic nitrogens is 2. The number of rotatable bonds is 7. The van der Waals surface area contributed by atoms with Gasteiger partial charge in [-0.15, -0.1) is 0 Å². The summed E-state index contributed by atoms with van der Waals surface area (Å²) < 4.78 is 22.2. The van der Waals surface area contributed by atoms with E-state index in [9.17, 15) is 19.1 Å². The number of carboxylic acid groups (broad SMARTS) is 1. The Labute approximate surface area is 197 Å². The van der Waals surface area contributed by atoms with Crippen LogP contribution in [0.25, 0.3) is 17.2 Å². The molecule has 0 unspecified atom stereocenters. The lowest BCUT2D eigenvalue weighted by molar-refractivity contribution is -0.136. The minimum Gasteiger partial charge on any atom is -0.493 e. The maximum absolute atomic E-state index is 14.7. The standard InChI is InChI=1S/C26H26FN3O4/c1-3-34-24-8-4-17(15-26(32)33)14-21(24)19-6-7-23(27)20-11-13-30(16-22(19)20)25(31)9-5-18-10-12-29(2)28-18/h4-10,12,14H,3,11,13,15-16H2,1-2H3,(H,32,33)/b9-5+. The van der Waals surface area contributed by atoms with Crippen LogP contribution in [0.15, 0.2) is 48.7 Å². The van der Waals surface area contributed by atoms with E-state index in [0.717, 1.165) is 5.56 Å². The van der Waals surface area contributed by atoms with Gasteiger partial charge < -0.3 is 14.7 Å². The molecule has 1 aliphatic rings. The summed E-state index contributed by atoms with van der Waals surface area (Å²) in [5.41, 5.74) is 4.00. The first kappa shape index (κ1) is 23.2. The molecule has 2 heterocycles. The van der Waals surface area contributed by atoms with Crippen LogP contribution in [0.3, 0.4) is 0 Å². The van der Waals surface area contributed by atoms with Gasteiger partial charge in [0.05, 0.1) is 18.7 Å². The number of hydrogen-bond acceptors (Lipinski definition) is 4. The number of aliphatic carboxylic acids is 1. The molecular weight excluding hydrogens is 437 g/mol. The van der Waals surface area contributed by atoms with Crippen LogP contribution < -0.4 is 4.74 Å². The molecule has 4 rings (SSSR count). The topological polar surface area (TPSA) is 84.7 Å². The van der Waals surface area contributed by atoms with Gasteiger partial charge in [-0.2, -0.15) is 5.10 Å². The van der Waals surface area contributed by atoms with Crippen LogP contribution in [0.2, 0.25) is 0 Å². The van der Waals surface area contributed by atoms with Crippen molar-refractivity contribution < 1.29 is 23.8 Å². The van der Waals surface area contributed by atoms with E-state index in [2.05, 4.69) is 5.10 Å². The Balaban J connectivity index is 1.69. The summed E-state index contributed by atoms with van der Waals surface area (Å²) in [6.07, 6.45) is 5.19. The highest BCUT2D eigenvalue weighted by molar-refractivity contribution is 5.92. The molecule has 8 heteroatoms. The lowest BCUT2D eigenvalue weighted by atomic mass is 9.89. The van der Waals surface area contributed by atoms with Crippen molar-refractivity contribution in [2.45, 2.75) is 26.3 Å². The highest BCUT2D eigenvalue weighted by Gasteiger charge is 2.26. The molecule has 1 aromatic heterocycles. The fraction of sp³-hybridized carbons (Fsp3) is 0.269. The lowest BCUT2D eigenvalue weighted by Crippen LogP contribution is -2.35. The first-order chi connectivity index (χ1) is 16.4. The van der Waals surface area contributed by atoms with E-state index in [4.69, 9.17) is 4.74 Å². The summed E-state index contributed by atoms with van der Waals surface area (Å²) in [7, 11) is 1.80. The molecule has 0 bridgehead atoms. The van der Waals surface area contributed by atoms with Crippen molar-refractivity contribution in [2.24, 2.45) is 7.05 Å². The van der Waals surface area contributed by atoms with Crippen LogP contribution in [0.4, 0.5) is 4.39 Å². The van der Waals surface area contributed by atoms with Gasteiger partial charge in [-0.1, -0.05) is 12.1 Å². The van der Waals surface area contributed by atoms with Gasteiger partial charge in [-0.25, -0.2) is 4.39 Å². The first-order valence-corrected chi connectivity index (χ1v) is 11.1. The van der Waals surface area contributed by atoms with Crippen LogP contribution in [-0.4, -0.2) is 44.8 Å². The predicted molar refractivity (Wildman–Crippen MR) is 126 cm³/mol. The summed E-state index contributed by atoms with van der Waals surface area (Å²) in [5, 5.41) is 13.5. The number of amides is 1. The normalized spacial score (nSPS) is 13.2. The van der Waals surface area contributed by atoms with Crippen LogP contribution in [0.5, 0.6) is 5.75 Å². The predicted octanol–water partition coefficient (Wildman–Crippen LogP) is 3.85. The van der Waals surface area contributed by atoms with E-state index in [1.807, 2.05) is 13.0 Å². The highest BCUT2D eigenvalue weighted by atomic mass is 19.1. The summed E-state index contributed by atoms with van der Waals surface area (Å²) >= 11 is 0. The SMILES string of the molecule is CCOc1ccc(CC(=O)O)cc1-c1ccc(F)c2c1CN(C(=O)/C=C/c1ccn(C)n1)CC2. The number of carboxylic acids is 1. The van der Waals surface area contributed by atoms with E-state index < -0.39 is 5.97 Å². The van der Waals surface area contributed by atoms with Gasteiger partial charge in [0, 0.05) is 38.0 Å². The zero-order valence-corrected chi connectivity index (χ0v) is 19.1. The van der Waals surface area contributed by atoms with Crippen molar-refractivity contribution in [1.29, 1.82) is 0 Å². The molecule has 3 aromatic rings. The summed E-state index contributed by atoms with van der Waals surface area (Å²) in [4.78, 5) is 25.8. The number of fused-ring (bicyclic) bond motifs is 1. The Bertz CT molecular complexity index is 1260. The van der Waals surface area contributed by atoms with Crippen molar-refractivity contribution in [3.05, 3.63) is 76.9 Å². The molecule has 1 amide bonds. The maximum Gasteiger partial charge on any atom is 0.307 e. The number of carbonyl (C=O) groups is 2. The zero-order valence-electron chi connectivity index (χ0n) is 19.1. The highest BCUT2D eigenvalue weighted by Crippen LogP contribution is 2.38. The molecule has 0 fully saturated rings. The summed E-state index contributed by atoms with van der Waals surface area (Å²) in [6.45, 7) is 2.93. The fourth-order valence-corrected chi connectivity index (χ4v) is 4.21. The zero-order chi connectivity index (χ0) is 24.2. The third-order valence-corrected chi connectivity index (χ3v) is 5.79. The van der Waals surface area contributed by atoms with Gasteiger partial charge in [0.2, 0.25) is 5.91 Å². The van der Waals surface area contributed by atoms with Gasteiger partial charge in [-0.3, -0.25) is 14.3 Å². The average Bonchev–Trinajstić information content (AvgIpc) is 3.23. The number of carbonyl (C=O) groups excluding carboxylic acids is 1. The van der Waals surface area contributed by atoms with Crippen molar-refractivity contribution in [3.8, 4) is 16.9 Å². The fourth-order valence-electron chi connectivity index (χ4n) is 4.21.